The molecule has 3 rings (SSSR count). The Bertz CT molecular complexity index is 974. The van der Waals surface area contributed by atoms with Crippen LogP contribution in [0, 0.1) is 5.92 Å². The van der Waals surface area contributed by atoms with Crippen molar-refractivity contribution in [3.8, 4) is 0 Å². The topological polar surface area (TPSA) is 91.3 Å². The molecule has 208 valence electrons. The van der Waals surface area contributed by atoms with Gasteiger partial charge in [0.25, 0.3) is 0 Å². The van der Waals surface area contributed by atoms with Crippen molar-refractivity contribution in [3.63, 3.8) is 0 Å². The normalized spacial score (nSPS) is 15.1. The van der Waals surface area contributed by atoms with Crippen molar-refractivity contribution in [1.82, 2.24) is 15.6 Å². The molecule has 8 heteroatoms. The maximum absolute atomic E-state index is 13.3. The molecule has 0 aromatic heterocycles. The fourth-order valence-corrected chi connectivity index (χ4v) is 4.60. The van der Waals surface area contributed by atoms with E-state index in [0.29, 0.717) is 25.3 Å². The molecule has 0 aliphatic heterocycles. The number of aryl methyl sites for hydroxylation is 1. The fourth-order valence-electron chi connectivity index (χ4n) is 4.60. The quantitative estimate of drug-likeness (QED) is 0.378. The molecule has 2 aromatic rings. The SMILES string of the molecule is CC(C)(C)OC(=O)N(NC(=O)OCc1ccccc1)N(CC1CCCCC1)C[C@@H](O)CCc1ccccc1. The van der Waals surface area contributed by atoms with Crippen molar-refractivity contribution in [3.05, 3.63) is 71.8 Å². The van der Waals surface area contributed by atoms with E-state index in [0.717, 1.165) is 41.9 Å². The average molecular weight is 526 g/mol. The van der Waals surface area contributed by atoms with Gasteiger partial charge in [-0.3, -0.25) is 0 Å². The summed E-state index contributed by atoms with van der Waals surface area (Å²) < 4.78 is 11.0. The number of ether oxygens (including phenoxy) is 2. The van der Waals surface area contributed by atoms with E-state index in [4.69, 9.17) is 9.47 Å². The van der Waals surface area contributed by atoms with Gasteiger partial charge in [-0.15, -0.1) is 5.12 Å². The summed E-state index contributed by atoms with van der Waals surface area (Å²) in [6, 6.07) is 19.3. The Morgan fingerprint density at radius 3 is 2.18 bits per heavy atom. The number of nitrogens with one attached hydrogen (secondary N) is 1. The smallest absolute Gasteiger partial charge is 0.443 e. The third-order valence-electron chi connectivity index (χ3n) is 6.48. The summed E-state index contributed by atoms with van der Waals surface area (Å²) >= 11 is 0. The van der Waals surface area contributed by atoms with Crippen LogP contribution in [0.2, 0.25) is 0 Å². The molecule has 0 bridgehead atoms. The van der Waals surface area contributed by atoms with Crippen molar-refractivity contribution < 1.29 is 24.2 Å². The van der Waals surface area contributed by atoms with Crippen LogP contribution in [0.15, 0.2) is 60.7 Å². The standard InChI is InChI=1S/C30H43N3O5/c1-30(2,3)38-29(36)33(31-28(35)37-23-26-17-11-6-12-18-26)32(21-25-15-9-5-10-16-25)22-27(34)20-19-24-13-7-4-8-14-24/h4,6-8,11-14,17-18,25,27,34H,5,9-10,15-16,19-23H2,1-3H3,(H,31,35)/t27-/m0/s1. The van der Waals surface area contributed by atoms with Crippen LogP contribution in [0.1, 0.15) is 70.4 Å². The van der Waals surface area contributed by atoms with Gasteiger partial charge in [-0.1, -0.05) is 79.9 Å². The van der Waals surface area contributed by atoms with Crippen LogP contribution in [0.3, 0.4) is 0 Å². The lowest BCUT2D eigenvalue weighted by Gasteiger charge is -2.38. The van der Waals surface area contributed by atoms with Gasteiger partial charge in [-0.05, 0) is 63.5 Å². The molecule has 1 aliphatic carbocycles. The highest BCUT2D eigenvalue weighted by molar-refractivity contribution is 5.73. The summed E-state index contributed by atoms with van der Waals surface area (Å²) in [6.07, 6.45) is 4.56. The number of amides is 2. The van der Waals surface area contributed by atoms with Crippen LogP contribution in [-0.2, 0) is 22.5 Å². The van der Waals surface area contributed by atoms with E-state index >= 15 is 0 Å². The number of nitrogens with zero attached hydrogens (tertiary/aromatic N) is 2. The number of rotatable bonds is 10. The molecule has 1 fully saturated rings. The Hall–Kier alpha value is -3.10. The van der Waals surface area contributed by atoms with Gasteiger partial charge in [-0.25, -0.2) is 15.0 Å². The first-order valence-corrected chi connectivity index (χ1v) is 13.7. The van der Waals surface area contributed by atoms with E-state index in [1.807, 2.05) is 60.7 Å². The molecule has 0 unspecified atom stereocenters. The van der Waals surface area contributed by atoms with Crippen LogP contribution in [0.4, 0.5) is 9.59 Å². The molecular weight excluding hydrogens is 482 g/mol. The Balaban J connectivity index is 1.74. The molecule has 0 heterocycles. The molecule has 38 heavy (non-hydrogen) atoms. The van der Waals surface area contributed by atoms with Crippen molar-refractivity contribution >= 4 is 12.2 Å². The molecule has 2 amide bonds. The van der Waals surface area contributed by atoms with Gasteiger partial charge < -0.3 is 14.6 Å². The lowest BCUT2D eigenvalue weighted by molar-refractivity contribution is -0.0984. The van der Waals surface area contributed by atoms with E-state index in [2.05, 4.69) is 5.43 Å². The number of carbonyl (C=O) groups excluding carboxylic acids is 2. The van der Waals surface area contributed by atoms with Gasteiger partial charge in [0.1, 0.15) is 12.2 Å². The van der Waals surface area contributed by atoms with Gasteiger partial charge in [-0.2, -0.15) is 5.01 Å². The summed E-state index contributed by atoms with van der Waals surface area (Å²) in [5.74, 6) is 0.345. The second-order valence-corrected chi connectivity index (χ2v) is 11.0. The number of hydrogen-bond acceptors (Lipinski definition) is 6. The third kappa shape index (κ3) is 10.7. The minimum Gasteiger partial charge on any atom is -0.443 e. The van der Waals surface area contributed by atoms with Crippen LogP contribution in [-0.4, -0.2) is 52.2 Å². The van der Waals surface area contributed by atoms with E-state index in [-0.39, 0.29) is 13.2 Å². The van der Waals surface area contributed by atoms with E-state index in [9.17, 15) is 14.7 Å². The molecule has 0 spiro atoms. The zero-order valence-electron chi connectivity index (χ0n) is 23.0. The highest BCUT2D eigenvalue weighted by atomic mass is 16.6. The van der Waals surface area contributed by atoms with Gasteiger partial charge in [0.05, 0.1) is 6.10 Å². The van der Waals surface area contributed by atoms with E-state index < -0.39 is 23.9 Å². The Morgan fingerprint density at radius 2 is 1.58 bits per heavy atom. The van der Waals surface area contributed by atoms with Gasteiger partial charge in [0.2, 0.25) is 0 Å². The second kappa shape index (κ2) is 14.7. The fraction of sp³-hybridized carbons (Fsp3) is 0.533. The maximum Gasteiger partial charge on any atom is 0.444 e. The molecule has 1 saturated carbocycles. The van der Waals surface area contributed by atoms with Gasteiger partial charge in [0, 0.05) is 13.1 Å². The Labute approximate surface area is 226 Å². The molecule has 8 nitrogen and oxygen atoms in total. The lowest BCUT2D eigenvalue weighted by Crippen LogP contribution is -2.60. The summed E-state index contributed by atoms with van der Waals surface area (Å²) in [5.41, 5.74) is 3.79. The van der Waals surface area contributed by atoms with Crippen LogP contribution < -0.4 is 5.43 Å². The van der Waals surface area contributed by atoms with Crippen molar-refractivity contribution in [1.29, 1.82) is 0 Å². The molecule has 2 aromatic carbocycles. The molecule has 2 N–H and O–H groups in total. The number of aliphatic hydroxyl groups is 1. The highest BCUT2D eigenvalue weighted by Gasteiger charge is 2.32. The summed E-state index contributed by atoms with van der Waals surface area (Å²) in [6.45, 7) is 6.07. The van der Waals surface area contributed by atoms with Crippen molar-refractivity contribution in [2.45, 2.75) is 84.0 Å². The first kappa shape index (κ1) is 29.5. The predicted molar refractivity (Wildman–Crippen MR) is 147 cm³/mol. The zero-order chi connectivity index (χ0) is 27.4. The number of carbonyl (C=O) groups is 2. The average Bonchev–Trinajstić information content (AvgIpc) is 2.90. The molecule has 1 atom stereocenters. The summed E-state index contributed by atoms with van der Waals surface area (Å²) in [5, 5.41) is 13.8. The highest BCUT2D eigenvalue weighted by Crippen LogP contribution is 2.25. The van der Waals surface area contributed by atoms with Crippen LogP contribution in [0.5, 0.6) is 0 Å². The lowest BCUT2D eigenvalue weighted by atomic mass is 9.89. The largest absolute Gasteiger partial charge is 0.444 e. The van der Waals surface area contributed by atoms with Gasteiger partial charge >= 0.3 is 12.2 Å². The minimum absolute atomic E-state index is 0.0666. The number of hydrazine groups is 2. The molecular formula is C30H43N3O5. The first-order valence-electron chi connectivity index (χ1n) is 13.7. The molecule has 0 radical (unpaired) electrons. The zero-order valence-corrected chi connectivity index (χ0v) is 23.0. The summed E-state index contributed by atoms with van der Waals surface area (Å²) in [4.78, 5) is 26.1. The molecule has 1 aliphatic rings. The number of hydrogen-bond donors (Lipinski definition) is 2. The predicted octanol–water partition coefficient (Wildman–Crippen LogP) is 5.86. The maximum atomic E-state index is 13.3. The molecule has 0 saturated heterocycles. The Morgan fingerprint density at radius 1 is 0.974 bits per heavy atom. The summed E-state index contributed by atoms with van der Waals surface area (Å²) in [7, 11) is 0. The van der Waals surface area contributed by atoms with Crippen LogP contribution >= 0.6 is 0 Å². The monoisotopic (exact) mass is 525 g/mol. The minimum atomic E-state index is -0.771. The van der Waals surface area contributed by atoms with Crippen molar-refractivity contribution in [2.75, 3.05) is 13.1 Å². The number of benzene rings is 2. The first-order chi connectivity index (χ1) is 18.2. The van der Waals surface area contributed by atoms with E-state index in [1.54, 1.807) is 25.8 Å². The second-order valence-electron chi connectivity index (χ2n) is 11.0. The third-order valence-corrected chi connectivity index (χ3v) is 6.48. The number of aliphatic hydroxyl groups excluding tert-OH is 1. The van der Waals surface area contributed by atoms with Crippen molar-refractivity contribution in [2.24, 2.45) is 5.92 Å². The van der Waals surface area contributed by atoms with E-state index in [1.165, 1.54) is 6.42 Å². The van der Waals surface area contributed by atoms with Gasteiger partial charge in [0.15, 0.2) is 0 Å². The Kier molecular flexibility index (Phi) is 11.4. The van der Waals surface area contributed by atoms with Crippen LogP contribution in [0.25, 0.3) is 0 Å².